The van der Waals surface area contributed by atoms with E-state index >= 15 is 0 Å². The quantitative estimate of drug-likeness (QED) is 0.325. The summed E-state index contributed by atoms with van der Waals surface area (Å²) in [6, 6.07) is 12.1. The van der Waals surface area contributed by atoms with Crippen LogP contribution < -0.4 is 10.3 Å². The molecule has 0 aliphatic carbocycles. The Morgan fingerprint density at radius 2 is 1.94 bits per heavy atom. The van der Waals surface area contributed by atoms with Gasteiger partial charge in [-0.2, -0.15) is 5.10 Å². The molecular weight excluding hydrogens is 466 g/mol. The molecule has 2 aromatic carbocycles. The van der Waals surface area contributed by atoms with Crippen molar-refractivity contribution in [2.45, 2.75) is 53.1 Å². The minimum Gasteiger partial charge on any atom is -0.451 e. The van der Waals surface area contributed by atoms with E-state index in [4.69, 9.17) is 4.42 Å². The molecule has 1 aromatic heterocycles. The van der Waals surface area contributed by atoms with Gasteiger partial charge in [-0.3, -0.25) is 4.79 Å². The highest BCUT2D eigenvalue weighted by atomic mass is 79.9. The van der Waals surface area contributed by atoms with Crippen LogP contribution in [0.2, 0.25) is 0 Å². The van der Waals surface area contributed by atoms with E-state index < -0.39 is 0 Å². The molecule has 0 saturated carbocycles. The highest BCUT2D eigenvalue weighted by Crippen LogP contribution is 2.41. The largest absolute Gasteiger partial charge is 0.451 e. The van der Waals surface area contributed by atoms with Gasteiger partial charge in [0.15, 0.2) is 5.76 Å². The van der Waals surface area contributed by atoms with Crippen LogP contribution in [-0.2, 0) is 0 Å². The lowest BCUT2D eigenvalue weighted by molar-refractivity contribution is 0.0929. The number of benzene rings is 2. The average Bonchev–Trinajstić information content (AvgIpc) is 3.11. The van der Waals surface area contributed by atoms with Crippen LogP contribution in [0, 0.1) is 6.92 Å². The second kappa shape index (κ2) is 8.24. The molecule has 6 heteroatoms. The van der Waals surface area contributed by atoms with Gasteiger partial charge in [0, 0.05) is 27.2 Å². The summed E-state index contributed by atoms with van der Waals surface area (Å²) < 4.78 is 6.57. The SMILES string of the molecule is CC1=CC(C)(C)N(C(C)C)c2cc(C)c(/C=N\NC(=O)c3cc4cc(Br)ccc4o3)cc21. The van der Waals surface area contributed by atoms with Gasteiger partial charge in [-0.1, -0.05) is 22.0 Å². The Bertz CT molecular complexity index is 1270. The molecule has 0 unspecified atom stereocenters. The number of carbonyl (C=O) groups is 1. The predicted octanol–water partition coefficient (Wildman–Crippen LogP) is 6.68. The number of furan rings is 1. The zero-order valence-corrected chi connectivity index (χ0v) is 20.9. The number of nitrogens with one attached hydrogen (secondary N) is 1. The molecule has 0 radical (unpaired) electrons. The molecule has 166 valence electrons. The number of anilines is 1. The Balaban J connectivity index is 1.58. The molecule has 32 heavy (non-hydrogen) atoms. The van der Waals surface area contributed by atoms with Crippen molar-refractivity contribution in [1.29, 1.82) is 0 Å². The lowest BCUT2D eigenvalue weighted by Crippen LogP contribution is -2.49. The molecule has 2 heterocycles. The number of nitrogens with zero attached hydrogens (tertiary/aromatic N) is 2. The third-order valence-corrected chi connectivity index (χ3v) is 6.34. The van der Waals surface area contributed by atoms with Crippen LogP contribution in [0.25, 0.3) is 16.5 Å². The lowest BCUT2D eigenvalue weighted by Gasteiger charge is -2.46. The first-order valence-corrected chi connectivity index (χ1v) is 11.5. The summed E-state index contributed by atoms with van der Waals surface area (Å²) in [7, 11) is 0. The van der Waals surface area contributed by atoms with Gasteiger partial charge in [-0.25, -0.2) is 5.43 Å². The number of hydrogen-bond donors (Lipinski definition) is 1. The number of rotatable bonds is 4. The molecule has 0 spiro atoms. The van der Waals surface area contributed by atoms with Crippen LogP contribution >= 0.6 is 15.9 Å². The highest BCUT2D eigenvalue weighted by Gasteiger charge is 2.33. The minimum atomic E-state index is -0.381. The van der Waals surface area contributed by atoms with E-state index in [2.05, 4.69) is 91.1 Å². The molecule has 3 aromatic rings. The van der Waals surface area contributed by atoms with E-state index in [0.717, 1.165) is 21.0 Å². The molecule has 5 nitrogen and oxygen atoms in total. The smallest absolute Gasteiger partial charge is 0.307 e. The number of aryl methyl sites for hydroxylation is 1. The number of hydrazone groups is 1. The van der Waals surface area contributed by atoms with Gasteiger partial charge >= 0.3 is 5.91 Å². The maximum absolute atomic E-state index is 12.5. The molecule has 1 amide bonds. The van der Waals surface area contributed by atoms with Gasteiger partial charge in [0.25, 0.3) is 0 Å². The average molecular weight is 494 g/mol. The second-order valence-corrected chi connectivity index (χ2v) is 10.1. The fourth-order valence-electron chi connectivity index (χ4n) is 4.64. The van der Waals surface area contributed by atoms with E-state index in [1.165, 1.54) is 16.8 Å². The summed E-state index contributed by atoms with van der Waals surface area (Å²) in [4.78, 5) is 15.0. The van der Waals surface area contributed by atoms with E-state index in [1.807, 2.05) is 18.2 Å². The van der Waals surface area contributed by atoms with Crippen molar-refractivity contribution in [1.82, 2.24) is 5.43 Å². The zero-order valence-electron chi connectivity index (χ0n) is 19.3. The molecule has 4 rings (SSSR count). The van der Waals surface area contributed by atoms with Gasteiger partial charge in [0.2, 0.25) is 0 Å². The molecule has 1 aliphatic rings. The van der Waals surface area contributed by atoms with Crippen LogP contribution in [0.5, 0.6) is 0 Å². The zero-order chi connectivity index (χ0) is 23.2. The van der Waals surface area contributed by atoms with Crippen molar-refractivity contribution in [3.8, 4) is 0 Å². The summed E-state index contributed by atoms with van der Waals surface area (Å²) in [5.74, 6) is -0.154. The Hall–Kier alpha value is -2.86. The first-order valence-electron chi connectivity index (χ1n) is 10.7. The first kappa shape index (κ1) is 22.3. The van der Waals surface area contributed by atoms with Gasteiger partial charge in [-0.15, -0.1) is 0 Å². The fourth-order valence-corrected chi connectivity index (χ4v) is 5.02. The Kier molecular flexibility index (Phi) is 5.76. The monoisotopic (exact) mass is 493 g/mol. The molecule has 0 saturated heterocycles. The van der Waals surface area contributed by atoms with Crippen LogP contribution in [-0.4, -0.2) is 23.7 Å². The van der Waals surface area contributed by atoms with Gasteiger partial charge in [0.05, 0.1) is 11.8 Å². The van der Waals surface area contributed by atoms with Crippen LogP contribution in [0.1, 0.15) is 61.9 Å². The Labute approximate surface area is 197 Å². The van der Waals surface area contributed by atoms with Gasteiger partial charge in [-0.05, 0) is 94.6 Å². The predicted molar refractivity (Wildman–Crippen MR) is 135 cm³/mol. The lowest BCUT2D eigenvalue weighted by atomic mass is 9.86. The topological polar surface area (TPSA) is 57.8 Å². The van der Waals surface area contributed by atoms with Crippen molar-refractivity contribution in [2.75, 3.05) is 4.90 Å². The summed E-state index contributed by atoms with van der Waals surface area (Å²) in [6.07, 6.45) is 4.01. The second-order valence-electron chi connectivity index (χ2n) is 9.16. The maximum Gasteiger partial charge on any atom is 0.307 e. The summed E-state index contributed by atoms with van der Waals surface area (Å²) in [6.45, 7) is 13.1. The van der Waals surface area contributed by atoms with Crippen molar-refractivity contribution in [3.05, 3.63) is 69.4 Å². The number of carbonyl (C=O) groups excluding carboxylic acids is 1. The number of fused-ring (bicyclic) bond motifs is 2. The molecule has 1 aliphatic heterocycles. The summed E-state index contributed by atoms with van der Waals surface area (Å²) >= 11 is 3.43. The van der Waals surface area contributed by atoms with Crippen molar-refractivity contribution < 1.29 is 9.21 Å². The molecule has 1 N–H and O–H groups in total. The van der Waals surface area contributed by atoms with Gasteiger partial charge < -0.3 is 9.32 Å². The van der Waals surface area contributed by atoms with E-state index in [-0.39, 0.29) is 17.2 Å². The van der Waals surface area contributed by atoms with Crippen molar-refractivity contribution >= 4 is 50.3 Å². The van der Waals surface area contributed by atoms with Gasteiger partial charge in [0.1, 0.15) is 5.58 Å². The number of halogens is 1. The van der Waals surface area contributed by atoms with Crippen LogP contribution in [0.3, 0.4) is 0 Å². The van der Waals surface area contributed by atoms with E-state index in [0.29, 0.717) is 11.6 Å². The normalized spacial score (nSPS) is 15.4. The molecule has 0 fully saturated rings. The number of amides is 1. The van der Waals surface area contributed by atoms with Crippen molar-refractivity contribution in [3.63, 3.8) is 0 Å². The minimum absolute atomic E-state index is 0.0521. The Morgan fingerprint density at radius 1 is 1.19 bits per heavy atom. The summed E-state index contributed by atoms with van der Waals surface area (Å²) in [5.41, 5.74) is 8.93. The Morgan fingerprint density at radius 3 is 2.66 bits per heavy atom. The number of hydrogen-bond acceptors (Lipinski definition) is 4. The molecular formula is C26H28BrN3O2. The highest BCUT2D eigenvalue weighted by molar-refractivity contribution is 9.10. The third-order valence-electron chi connectivity index (χ3n) is 5.85. The first-order chi connectivity index (χ1) is 15.1. The molecule has 0 bridgehead atoms. The van der Waals surface area contributed by atoms with Crippen LogP contribution in [0.4, 0.5) is 5.69 Å². The summed E-state index contributed by atoms with van der Waals surface area (Å²) in [5, 5.41) is 5.06. The number of allylic oxidation sites excluding steroid dienone is 1. The standard InChI is InChI=1S/C26H28BrN3O2/c1-15(2)30-22-9-16(3)19(11-21(22)17(4)13-26(30,5)6)14-28-29-25(31)24-12-18-10-20(27)7-8-23(18)32-24/h7-15H,1-6H3,(H,29,31)/b28-14-. The fraction of sp³-hybridized carbons (Fsp3) is 0.308. The third kappa shape index (κ3) is 4.11. The maximum atomic E-state index is 12.5. The van der Waals surface area contributed by atoms with E-state index in [1.54, 1.807) is 12.3 Å². The molecule has 0 atom stereocenters. The van der Waals surface area contributed by atoms with Crippen LogP contribution in [0.15, 0.2) is 56.5 Å². The van der Waals surface area contributed by atoms with Crippen molar-refractivity contribution in [2.24, 2.45) is 5.10 Å². The van der Waals surface area contributed by atoms with E-state index in [9.17, 15) is 4.79 Å².